The molecule has 1 aliphatic heterocycles. The van der Waals surface area contributed by atoms with Crippen LogP contribution in [0.3, 0.4) is 0 Å². The number of nitrogens with one attached hydrogen (secondary N) is 1. The number of fused-ring (bicyclic) bond motifs is 1. The lowest BCUT2D eigenvalue weighted by Crippen LogP contribution is -2.41. The van der Waals surface area contributed by atoms with E-state index in [1.807, 2.05) is 18.2 Å². The number of halogens is 2. The van der Waals surface area contributed by atoms with Crippen LogP contribution >= 0.6 is 0 Å². The standard InChI is InChI=1S/C27H32BF2N/c1-19(22-12-6-5-7-13-22)10-8-11-20(2)24-15-9-14-23-16-26(28-18-25(23)24)31-21(3)17-27(4,29)30/h5-7,9,12-15,26,28,31H,1-3,8,10-11,16-18H2,4H3. The Balaban J connectivity index is 1.56. The minimum absolute atomic E-state index is 0.153. The molecule has 2 aromatic carbocycles. The average molecular weight is 419 g/mol. The van der Waals surface area contributed by atoms with Gasteiger partial charge in [0.1, 0.15) is 0 Å². The normalized spacial score (nSPS) is 15.5. The van der Waals surface area contributed by atoms with Gasteiger partial charge in [-0.25, -0.2) is 8.78 Å². The molecule has 3 rings (SSSR count). The second-order valence-electron chi connectivity index (χ2n) is 8.80. The van der Waals surface area contributed by atoms with E-state index >= 15 is 0 Å². The topological polar surface area (TPSA) is 12.0 Å². The zero-order chi connectivity index (χ0) is 22.4. The van der Waals surface area contributed by atoms with Gasteiger partial charge in [0.25, 0.3) is 5.92 Å². The first-order chi connectivity index (χ1) is 14.7. The molecule has 0 fully saturated rings. The van der Waals surface area contributed by atoms with Crippen molar-refractivity contribution in [2.45, 2.75) is 57.2 Å². The molecule has 4 heteroatoms. The van der Waals surface area contributed by atoms with Gasteiger partial charge in [-0.1, -0.05) is 68.3 Å². The van der Waals surface area contributed by atoms with Crippen molar-refractivity contribution in [3.63, 3.8) is 0 Å². The summed E-state index contributed by atoms with van der Waals surface area (Å²) in [5.41, 5.74) is 7.84. The van der Waals surface area contributed by atoms with Crippen LogP contribution < -0.4 is 5.32 Å². The molecule has 0 saturated carbocycles. The van der Waals surface area contributed by atoms with Crippen molar-refractivity contribution in [1.82, 2.24) is 5.32 Å². The summed E-state index contributed by atoms with van der Waals surface area (Å²) in [7, 11) is 0.913. The maximum absolute atomic E-state index is 13.2. The van der Waals surface area contributed by atoms with Crippen LogP contribution in [0.25, 0.3) is 11.1 Å². The van der Waals surface area contributed by atoms with Gasteiger partial charge in [0.05, 0.1) is 6.42 Å². The number of hydrogen-bond acceptors (Lipinski definition) is 1. The molecular weight excluding hydrogens is 387 g/mol. The van der Waals surface area contributed by atoms with Crippen molar-refractivity contribution in [3.8, 4) is 0 Å². The minimum atomic E-state index is -2.73. The maximum Gasteiger partial charge on any atom is 0.250 e. The Kier molecular flexibility index (Phi) is 7.53. The Labute approximate surface area is 186 Å². The highest BCUT2D eigenvalue weighted by Crippen LogP contribution is 2.30. The summed E-state index contributed by atoms with van der Waals surface area (Å²) in [5.74, 6) is -2.58. The van der Waals surface area contributed by atoms with Crippen LogP contribution in [0.1, 0.15) is 54.9 Å². The Morgan fingerprint density at radius 3 is 2.45 bits per heavy atom. The highest BCUT2D eigenvalue weighted by molar-refractivity contribution is 6.38. The lowest BCUT2D eigenvalue weighted by molar-refractivity contribution is 0.0211. The third-order valence-electron chi connectivity index (χ3n) is 5.93. The van der Waals surface area contributed by atoms with E-state index in [-0.39, 0.29) is 12.4 Å². The van der Waals surface area contributed by atoms with Crippen molar-refractivity contribution in [1.29, 1.82) is 0 Å². The largest absolute Gasteiger partial charge is 0.393 e. The highest BCUT2D eigenvalue weighted by Gasteiger charge is 2.26. The molecule has 1 nitrogen and oxygen atoms in total. The quantitative estimate of drug-likeness (QED) is 0.431. The van der Waals surface area contributed by atoms with E-state index in [4.69, 9.17) is 0 Å². The van der Waals surface area contributed by atoms with E-state index in [0.717, 1.165) is 51.8 Å². The molecule has 2 aromatic rings. The van der Waals surface area contributed by atoms with Crippen molar-refractivity contribution in [2.75, 3.05) is 0 Å². The molecule has 0 aliphatic carbocycles. The van der Waals surface area contributed by atoms with Crippen LogP contribution in [0, 0.1) is 0 Å². The fourth-order valence-corrected chi connectivity index (χ4v) is 4.44. The lowest BCUT2D eigenvalue weighted by atomic mass is 9.57. The van der Waals surface area contributed by atoms with Crippen LogP contribution in [0.15, 0.2) is 74.0 Å². The SMILES string of the molecule is C=C(CC(C)(F)F)NC1BCc2c(cccc2C(=C)CCCC(=C)c2ccccc2)C1. The van der Waals surface area contributed by atoms with E-state index in [0.29, 0.717) is 5.70 Å². The number of rotatable bonds is 10. The summed E-state index contributed by atoms with van der Waals surface area (Å²) in [6.45, 7) is 13.3. The van der Waals surface area contributed by atoms with Gasteiger partial charge < -0.3 is 5.32 Å². The van der Waals surface area contributed by atoms with Gasteiger partial charge in [0.2, 0.25) is 0 Å². The summed E-state index contributed by atoms with van der Waals surface area (Å²) in [4.78, 5) is 0. The smallest absolute Gasteiger partial charge is 0.250 e. The molecule has 1 aliphatic rings. The van der Waals surface area contributed by atoms with Crippen LogP contribution in [-0.2, 0) is 12.7 Å². The molecule has 1 heterocycles. The van der Waals surface area contributed by atoms with Crippen molar-refractivity contribution < 1.29 is 8.78 Å². The van der Waals surface area contributed by atoms with Crippen molar-refractivity contribution in [2.24, 2.45) is 0 Å². The second kappa shape index (κ2) is 10.1. The fourth-order valence-electron chi connectivity index (χ4n) is 4.44. The number of alkyl halides is 2. The van der Waals surface area contributed by atoms with Gasteiger partial charge in [-0.3, -0.25) is 0 Å². The lowest BCUT2D eigenvalue weighted by Gasteiger charge is -2.29. The predicted octanol–water partition coefficient (Wildman–Crippen LogP) is 6.55. The molecule has 0 radical (unpaired) electrons. The number of allylic oxidation sites excluding steroid dienone is 3. The van der Waals surface area contributed by atoms with E-state index < -0.39 is 5.92 Å². The zero-order valence-electron chi connectivity index (χ0n) is 18.5. The molecule has 1 N–H and O–H groups in total. The molecule has 1 unspecified atom stereocenters. The summed E-state index contributed by atoms with van der Waals surface area (Å²) < 4.78 is 26.5. The molecule has 0 bridgehead atoms. The van der Waals surface area contributed by atoms with E-state index in [1.54, 1.807) is 0 Å². The van der Waals surface area contributed by atoms with Crippen LogP contribution in [0.4, 0.5) is 8.78 Å². The monoisotopic (exact) mass is 419 g/mol. The summed E-state index contributed by atoms with van der Waals surface area (Å²) in [5, 5.41) is 3.22. The number of hydrogen-bond donors (Lipinski definition) is 1. The van der Waals surface area contributed by atoms with Crippen LogP contribution in [-0.4, -0.2) is 19.1 Å². The van der Waals surface area contributed by atoms with Crippen molar-refractivity contribution in [3.05, 3.63) is 96.2 Å². The third kappa shape index (κ3) is 6.68. The van der Waals surface area contributed by atoms with Gasteiger partial charge in [-0.15, -0.1) is 0 Å². The van der Waals surface area contributed by atoms with Crippen LogP contribution in [0.5, 0.6) is 0 Å². The first-order valence-corrected chi connectivity index (χ1v) is 11.1. The zero-order valence-corrected chi connectivity index (χ0v) is 18.5. The summed E-state index contributed by atoms with van der Waals surface area (Å²) >= 11 is 0. The van der Waals surface area contributed by atoms with Gasteiger partial charge in [0, 0.05) is 11.6 Å². The van der Waals surface area contributed by atoms with Gasteiger partial charge in [-0.05, 0) is 72.3 Å². The average Bonchev–Trinajstić information content (AvgIpc) is 2.72. The Bertz CT molecular complexity index is 943. The number of benzene rings is 2. The molecule has 0 spiro atoms. The van der Waals surface area contributed by atoms with Crippen molar-refractivity contribution >= 4 is 18.4 Å². The maximum atomic E-state index is 13.2. The molecule has 0 saturated heterocycles. The van der Waals surface area contributed by atoms with E-state index in [1.165, 1.54) is 27.8 Å². The summed E-state index contributed by atoms with van der Waals surface area (Å²) in [6, 6.07) is 16.7. The van der Waals surface area contributed by atoms with Gasteiger partial charge in [0.15, 0.2) is 7.28 Å². The Hall–Kier alpha value is -2.62. The molecule has 0 amide bonds. The molecular formula is C27H32BF2N. The molecule has 162 valence electrons. The minimum Gasteiger partial charge on any atom is -0.393 e. The Morgan fingerprint density at radius 2 is 1.74 bits per heavy atom. The second-order valence-corrected chi connectivity index (χ2v) is 8.80. The van der Waals surface area contributed by atoms with E-state index in [9.17, 15) is 8.78 Å². The molecule has 31 heavy (non-hydrogen) atoms. The van der Waals surface area contributed by atoms with E-state index in [2.05, 4.69) is 55.4 Å². The highest BCUT2D eigenvalue weighted by atomic mass is 19.3. The third-order valence-corrected chi connectivity index (χ3v) is 5.93. The van der Waals surface area contributed by atoms with Gasteiger partial charge in [-0.2, -0.15) is 0 Å². The Morgan fingerprint density at radius 1 is 1.03 bits per heavy atom. The summed E-state index contributed by atoms with van der Waals surface area (Å²) in [6.07, 6.45) is 4.35. The molecule has 1 atom stereocenters. The predicted molar refractivity (Wildman–Crippen MR) is 131 cm³/mol. The molecule has 0 aromatic heterocycles. The van der Waals surface area contributed by atoms with Crippen LogP contribution in [0.2, 0.25) is 0 Å². The first kappa shape index (κ1) is 23.1. The van der Waals surface area contributed by atoms with Gasteiger partial charge >= 0.3 is 0 Å². The first-order valence-electron chi connectivity index (χ1n) is 11.1. The fraction of sp³-hybridized carbons (Fsp3) is 0.333.